The van der Waals surface area contributed by atoms with Gasteiger partial charge in [0.1, 0.15) is 0 Å². The minimum absolute atomic E-state index is 0.435. The van der Waals surface area contributed by atoms with E-state index in [9.17, 15) is 0 Å². The van der Waals surface area contributed by atoms with Crippen LogP contribution in [0.15, 0.2) is 11.7 Å². The van der Waals surface area contributed by atoms with Gasteiger partial charge in [-0.05, 0) is 24.8 Å². The Morgan fingerprint density at radius 3 is 3.00 bits per heavy atom. The lowest BCUT2D eigenvalue weighted by Crippen LogP contribution is -2.29. The Balaban J connectivity index is 1.70. The van der Waals surface area contributed by atoms with Crippen LogP contribution in [0.2, 0.25) is 0 Å². The molecule has 0 atom stereocenters. The summed E-state index contributed by atoms with van der Waals surface area (Å²) in [4.78, 5) is 5.33. The van der Waals surface area contributed by atoms with E-state index in [1.165, 1.54) is 17.7 Å². The van der Waals surface area contributed by atoms with Crippen LogP contribution in [-0.4, -0.2) is 18.1 Å². The van der Waals surface area contributed by atoms with Gasteiger partial charge in [0.25, 0.3) is 0 Å². The van der Waals surface area contributed by atoms with Gasteiger partial charge in [0.15, 0.2) is 0 Å². The minimum Gasteiger partial charge on any atom is -0.330 e. The zero-order valence-corrected chi connectivity index (χ0v) is 8.44. The van der Waals surface area contributed by atoms with Crippen molar-refractivity contribution in [2.24, 2.45) is 11.1 Å². The molecule has 1 saturated carbocycles. The number of aromatic nitrogens is 1. The lowest BCUT2D eigenvalue weighted by molar-refractivity contribution is 0.469. The van der Waals surface area contributed by atoms with Crippen LogP contribution in [0.3, 0.4) is 0 Å². The maximum absolute atomic E-state index is 5.68. The predicted octanol–water partition coefficient (Wildman–Crippen LogP) is 0.972. The van der Waals surface area contributed by atoms with Crippen molar-refractivity contribution in [2.75, 3.05) is 13.1 Å². The third kappa shape index (κ3) is 2.27. The minimum atomic E-state index is 0.435. The molecule has 1 aromatic heterocycles. The van der Waals surface area contributed by atoms with Crippen LogP contribution in [0, 0.1) is 5.41 Å². The summed E-state index contributed by atoms with van der Waals surface area (Å²) in [7, 11) is 0. The number of nitrogens with one attached hydrogen (secondary N) is 1. The van der Waals surface area contributed by atoms with Crippen molar-refractivity contribution in [3.05, 3.63) is 16.6 Å². The second-order valence-corrected chi connectivity index (χ2v) is 4.75. The quantitative estimate of drug-likeness (QED) is 0.739. The first-order chi connectivity index (χ1) is 6.35. The SMILES string of the molecule is NCC1(CNCc2cncs2)CC1. The normalized spacial score (nSPS) is 18.8. The highest BCUT2D eigenvalue weighted by molar-refractivity contribution is 7.09. The number of nitrogens with zero attached hydrogens (tertiary/aromatic N) is 1. The molecule has 0 radical (unpaired) electrons. The number of nitrogens with two attached hydrogens (primary N) is 1. The second kappa shape index (κ2) is 3.74. The van der Waals surface area contributed by atoms with Gasteiger partial charge in [0, 0.05) is 24.2 Å². The number of rotatable bonds is 5. The summed E-state index contributed by atoms with van der Waals surface area (Å²) in [5.41, 5.74) is 7.98. The molecule has 4 heteroatoms. The zero-order chi connectivity index (χ0) is 9.15. The molecule has 0 aliphatic heterocycles. The summed E-state index contributed by atoms with van der Waals surface area (Å²) in [5, 5.41) is 3.43. The van der Waals surface area contributed by atoms with Gasteiger partial charge in [-0.25, -0.2) is 0 Å². The molecule has 1 fully saturated rings. The smallest absolute Gasteiger partial charge is 0.0794 e. The van der Waals surface area contributed by atoms with Crippen molar-refractivity contribution in [1.82, 2.24) is 10.3 Å². The lowest BCUT2D eigenvalue weighted by atomic mass is 10.1. The molecule has 3 nitrogen and oxygen atoms in total. The summed E-state index contributed by atoms with van der Waals surface area (Å²) in [6.07, 6.45) is 4.50. The van der Waals surface area contributed by atoms with Gasteiger partial charge in [-0.3, -0.25) is 4.98 Å². The Bertz CT molecular complexity index is 254. The van der Waals surface area contributed by atoms with Crippen LogP contribution in [0.4, 0.5) is 0 Å². The maximum Gasteiger partial charge on any atom is 0.0794 e. The largest absolute Gasteiger partial charge is 0.330 e. The van der Waals surface area contributed by atoms with Crippen molar-refractivity contribution in [3.8, 4) is 0 Å². The standard InChI is InChI=1S/C9H15N3S/c10-5-9(1-2-9)6-11-3-8-4-12-7-13-8/h4,7,11H,1-3,5-6,10H2. The fourth-order valence-electron chi connectivity index (χ4n) is 1.41. The van der Waals surface area contributed by atoms with Crippen LogP contribution >= 0.6 is 11.3 Å². The molecular weight excluding hydrogens is 182 g/mol. The molecule has 1 heterocycles. The van der Waals surface area contributed by atoms with Gasteiger partial charge >= 0.3 is 0 Å². The Hall–Kier alpha value is -0.450. The van der Waals surface area contributed by atoms with E-state index in [0.717, 1.165) is 19.6 Å². The Labute approximate surface area is 82.4 Å². The third-order valence-electron chi connectivity index (χ3n) is 2.67. The van der Waals surface area contributed by atoms with Crippen molar-refractivity contribution in [3.63, 3.8) is 0 Å². The number of hydrogen-bond acceptors (Lipinski definition) is 4. The van der Waals surface area contributed by atoms with E-state index in [2.05, 4.69) is 10.3 Å². The summed E-state index contributed by atoms with van der Waals surface area (Å²) in [5.74, 6) is 0. The topological polar surface area (TPSA) is 50.9 Å². The summed E-state index contributed by atoms with van der Waals surface area (Å²) < 4.78 is 0. The highest BCUT2D eigenvalue weighted by atomic mass is 32.1. The van der Waals surface area contributed by atoms with Crippen molar-refractivity contribution in [2.45, 2.75) is 19.4 Å². The Morgan fingerprint density at radius 1 is 1.62 bits per heavy atom. The van der Waals surface area contributed by atoms with Crippen LogP contribution in [-0.2, 0) is 6.54 Å². The molecule has 0 unspecified atom stereocenters. The van der Waals surface area contributed by atoms with E-state index < -0.39 is 0 Å². The molecule has 2 rings (SSSR count). The van der Waals surface area contributed by atoms with E-state index >= 15 is 0 Å². The molecular formula is C9H15N3S. The van der Waals surface area contributed by atoms with Crippen molar-refractivity contribution < 1.29 is 0 Å². The number of thiazole rings is 1. The molecule has 0 amide bonds. The molecule has 1 aromatic rings. The van der Waals surface area contributed by atoms with E-state index in [0.29, 0.717) is 5.41 Å². The van der Waals surface area contributed by atoms with Gasteiger partial charge in [-0.1, -0.05) is 0 Å². The zero-order valence-electron chi connectivity index (χ0n) is 7.62. The molecule has 0 saturated heterocycles. The monoisotopic (exact) mass is 197 g/mol. The molecule has 13 heavy (non-hydrogen) atoms. The van der Waals surface area contributed by atoms with Crippen molar-refractivity contribution >= 4 is 11.3 Å². The van der Waals surface area contributed by atoms with E-state index in [1.807, 2.05) is 11.7 Å². The maximum atomic E-state index is 5.68. The predicted molar refractivity (Wildman–Crippen MR) is 54.5 cm³/mol. The molecule has 0 aromatic carbocycles. The molecule has 1 aliphatic carbocycles. The van der Waals surface area contributed by atoms with Crippen LogP contribution in [0.25, 0.3) is 0 Å². The summed E-state index contributed by atoms with van der Waals surface area (Å²) >= 11 is 1.70. The molecule has 3 N–H and O–H groups in total. The highest BCUT2D eigenvalue weighted by Crippen LogP contribution is 2.43. The highest BCUT2D eigenvalue weighted by Gasteiger charge is 2.40. The Morgan fingerprint density at radius 2 is 2.46 bits per heavy atom. The van der Waals surface area contributed by atoms with Gasteiger partial charge in [0.2, 0.25) is 0 Å². The van der Waals surface area contributed by atoms with Crippen molar-refractivity contribution in [1.29, 1.82) is 0 Å². The van der Waals surface area contributed by atoms with Crippen LogP contribution in [0.1, 0.15) is 17.7 Å². The Kier molecular flexibility index (Phi) is 2.62. The average Bonchev–Trinajstić information content (AvgIpc) is 2.74. The second-order valence-electron chi connectivity index (χ2n) is 3.78. The average molecular weight is 197 g/mol. The fourth-order valence-corrected chi connectivity index (χ4v) is 1.97. The van der Waals surface area contributed by atoms with Crippen LogP contribution in [0.5, 0.6) is 0 Å². The molecule has 0 bridgehead atoms. The lowest BCUT2D eigenvalue weighted by Gasteiger charge is -2.12. The number of hydrogen-bond donors (Lipinski definition) is 2. The third-order valence-corrected chi connectivity index (χ3v) is 3.45. The van der Waals surface area contributed by atoms with E-state index in [4.69, 9.17) is 5.73 Å². The van der Waals surface area contributed by atoms with Gasteiger partial charge in [-0.2, -0.15) is 0 Å². The van der Waals surface area contributed by atoms with Gasteiger partial charge in [-0.15, -0.1) is 11.3 Å². The molecule has 0 spiro atoms. The summed E-state index contributed by atoms with van der Waals surface area (Å²) in [6.45, 7) is 2.82. The molecule has 72 valence electrons. The molecule has 1 aliphatic rings. The van der Waals surface area contributed by atoms with Crippen LogP contribution < -0.4 is 11.1 Å². The first-order valence-corrected chi connectivity index (χ1v) is 5.51. The van der Waals surface area contributed by atoms with E-state index in [-0.39, 0.29) is 0 Å². The van der Waals surface area contributed by atoms with E-state index in [1.54, 1.807) is 11.3 Å². The first kappa shape index (κ1) is 9.12. The summed E-state index contributed by atoms with van der Waals surface area (Å²) in [6, 6.07) is 0. The first-order valence-electron chi connectivity index (χ1n) is 4.63. The van der Waals surface area contributed by atoms with Gasteiger partial charge < -0.3 is 11.1 Å². The van der Waals surface area contributed by atoms with Gasteiger partial charge in [0.05, 0.1) is 5.51 Å². The fraction of sp³-hybridized carbons (Fsp3) is 0.667.